The number of hydrogen-bond acceptors (Lipinski definition) is 6. The summed E-state index contributed by atoms with van der Waals surface area (Å²) in [5.74, 6) is -0.309. The number of para-hydroxylation sites is 1. The molecule has 7 nitrogen and oxygen atoms in total. The van der Waals surface area contributed by atoms with Crippen molar-refractivity contribution in [3.05, 3.63) is 89.4 Å². The Labute approximate surface area is 222 Å². The SMILES string of the molecule is CCOC(=O)Cc1ccccc1OCc1cc(-c2cccc(CN)c2F)c2ccn(S(=O)(=O)C(C)C)c2c1. The number of halogens is 1. The van der Waals surface area contributed by atoms with Crippen molar-refractivity contribution >= 4 is 26.9 Å². The van der Waals surface area contributed by atoms with Gasteiger partial charge in [-0.05, 0) is 56.2 Å². The summed E-state index contributed by atoms with van der Waals surface area (Å²) in [4.78, 5) is 12.0. The molecule has 0 saturated carbocycles. The lowest BCUT2D eigenvalue weighted by Gasteiger charge is -2.15. The van der Waals surface area contributed by atoms with Gasteiger partial charge in [-0.15, -0.1) is 0 Å². The van der Waals surface area contributed by atoms with Gasteiger partial charge in [0.15, 0.2) is 0 Å². The van der Waals surface area contributed by atoms with Crippen LogP contribution in [-0.2, 0) is 39.1 Å². The normalized spacial score (nSPS) is 11.7. The van der Waals surface area contributed by atoms with Crippen molar-refractivity contribution in [2.45, 2.75) is 45.6 Å². The predicted octanol–water partition coefficient (Wildman–Crippen LogP) is 5.18. The van der Waals surface area contributed by atoms with Crippen LogP contribution in [0.15, 0.2) is 66.9 Å². The summed E-state index contributed by atoms with van der Waals surface area (Å²) in [5, 5.41) is -0.0673. The van der Waals surface area contributed by atoms with Gasteiger partial charge in [0.2, 0.25) is 10.0 Å². The third kappa shape index (κ3) is 5.44. The van der Waals surface area contributed by atoms with E-state index < -0.39 is 21.1 Å². The van der Waals surface area contributed by atoms with E-state index in [1.807, 2.05) is 6.07 Å². The fraction of sp³-hybridized carbons (Fsp3) is 0.276. The molecule has 0 radical (unpaired) electrons. The van der Waals surface area contributed by atoms with Crippen LogP contribution in [0, 0.1) is 5.82 Å². The maximum absolute atomic E-state index is 15.4. The number of esters is 1. The molecule has 0 bridgehead atoms. The lowest BCUT2D eigenvalue weighted by Crippen LogP contribution is -2.21. The molecule has 4 aromatic rings. The summed E-state index contributed by atoms with van der Waals surface area (Å²) in [6, 6.07) is 17.4. The minimum atomic E-state index is -3.68. The zero-order chi connectivity index (χ0) is 27.4. The molecule has 0 amide bonds. The molecule has 38 heavy (non-hydrogen) atoms. The lowest BCUT2D eigenvalue weighted by atomic mass is 9.97. The topological polar surface area (TPSA) is 101 Å². The molecule has 0 aliphatic carbocycles. The summed E-state index contributed by atoms with van der Waals surface area (Å²) < 4.78 is 54.0. The van der Waals surface area contributed by atoms with E-state index in [2.05, 4.69) is 0 Å². The summed E-state index contributed by atoms with van der Waals surface area (Å²) in [7, 11) is -3.68. The van der Waals surface area contributed by atoms with Gasteiger partial charge in [-0.25, -0.2) is 16.8 Å². The molecule has 0 fully saturated rings. The third-order valence-electron chi connectivity index (χ3n) is 6.30. The predicted molar refractivity (Wildman–Crippen MR) is 146 cm³/mol. The van der Waals surface area contributed by atoms with Gasteiger partial charge in [0.05, 0.1) is 23.8 Å². The monoisotopic (exact) mass is 538 g/mol. The second-order valence-corrected chi connectivity index (χ2v) is 11.5. The number of carbonyl (C=O) groups excluding carboxylic acids is 1. The van der Waals surface area contributed by atoms with E-state index in [-0.39, 0.29) is 32.1 Å². The van der Waals surface area contributed by atoms with Crippen LogP contribution in [0.2, 0.25) is 0 Å². The summed E-state index contributed by atoms with van der Waals surface area (Å²) in [5.41, 5.74) is 8.68. The second-order valence-electron chi connectivity index (χ2n) is 9.14. The molecule has 0 aliphatic heterocycles. The van der Waals surface area contributed by atoms with Crippen LogP contribution < -0.4 is 10.5 Å². The molecule has 0 aliphatic rings. The number of aromatic nitrogens is 1. The molecule has 0 spiro atoms. The Hall–Kier alpha value is -3.69. The van der Waals surface area contributed by atoms with Crippen LogP contribution in [-0.4, -0.2) is 30.2 Å². The Kier molecular flexibility index (Phi) is 8.18. The van der Waals surface area contributed by atoms with Crippen LogP contribution >= 0.6 is 0 Å². The summed E-state index contributed by atoms with van der Waals surface area (Å²) in [6.07, 6.45) is 1.55. The highest BCUT2D eigenvalue weighted by Crippen LogP contribution is 2.35. The van der Waals surface area contributed by atoms with E-state index in [0.717, 1.165) is 0 Å². The van der Waals surface area contributed by atoms with E-state index in [1.54, 1.807) is 75.4 Å². The van der Waals surface area contributed by atoms with Gasteiger partial charge in [0.1, 0.15) is 18.2 Å². The minimum Gasteiger partial charge on any atom is -0.489 e. The number of hydrogen-bond donors (Lipinski definition) is 1. The van der Waals surface area contributed by atoms with Crippen LogP contribution in [0.1, 0.15) is 37.5 Å². The fourth-order valence-corrected chi connectivity index (χ4v) is 5.41. The smallest absolute Gasteiger partial charge is 0.310 e. The first kappa shape index (κ1) is 27.3. The van der Waals surface area contributed by atoms with Crippen molar-refractivity contribution in [2.75, 3.05) is 6.61 Å². The maximum Gasteiger partial charge on any atom is 0.310 e. The number of nitrogens with two attached hydrogens (primary N) is 1. The van der Waals surface area contributed by atoms with Gasteiger partial charge in [0.25, 0.3) is 0 Å². The number of benzene rings is 3. The summed E-state index contributed by atoms with van der Waals surface area (Å²) >= 11 is 0. The highest BCUT2D eigenvalue weighted by Gasteiger charge is 2.23. The van der Waals surface area contributed by atoms with Crippen LogP contribution in [0.25, 0.3) is 22.0 Å². The van der Waals surface area contributed by atoms with Crippen LogP contribution in [0.3, 0.4) is 0 Å². The molecule has 1 heterocycles. The Morgan fingerprint density at radius 2 is 1.76 bits per heavy atom. The van der Waals surface area contributed by atoms with E-state index in [0.29, 0.717) is 44.5 Å². The molecule has 0 atom stereocenters. The number of ether oxygens (including phenoxy) is 2. The first-order valence-electron chi connectivity index (χ1n) is 12.4. The van der Waals surface area contributed by atoms with Crippen molar-refractivity contribution in [1.29, 1.82) is 0 Å². The molecular weight excluding hydrogens is 507 g/mol. The third-order valence-corrected chi connectivity index (χ3v) is 8.36. The van der Waals surface area contributed by atoms with Gasteiger partial charge >= 0.3 is 5.97 Å². The number of rotatable bonds is 10. The largest absolute Gasteiger partial charge is 0.489 e. The Bertz CT molecular complexity index is 1580. The molecular formula is C29H31FN2O5S. The quantitative estimate of drug-likeness (QED) is 0.279. The summed E-state index contributed by atoms with van der Waals surface area (Å²) in [6.45, 7) is 5.35. The number of nitrogens with zero attached hydrogens (tertiary/aromatic N) is 1. The molecule has 9 heteroatoms. The molecule has 200 valence electrons. The molecule has 4 rings (SSSR count). The highest BCUT2D eigenvalue weighted by molar-refractivity contribution is 7.90. The van der Waals surface area contributed by atoms with Gasteiger partial charge in [-0.3, -0.25) is 4.79 Å². The van der Waals surface area contributed by atoms with E-state index in [4.69, 9.17) is 15.2 Å². The first-order valence-corrected chi connectivity index (χ1v) is 13.9. The Morgan fingerprint density at radius 3 is 2.47 bits per heavy atom. The molecule has 1 aromatic heterocycles. The highest BCUT2D eigenvalue weighted by atomic mass is 32.2. The zero-order valence-electron chi connectivity index (χ0n) is 21.6. The zero-order valence-corrected chi connectivity index (χ0v) is 22.4. The molecule has 0 unspecified atom stereocenters. The molecule has 3 aromatic carbocycles. The minimum absolute atomic E-state index is 0.0333. The maximum atomic E-state index is 15.4. The lowest BCUT2D eigenvalue weighted by molar-refractivity contribution is -0.142. The van der Waals surface area contributed by atoms with Crippen LogP contribution in [0.4, 0.5) is 4.39 Å². The molecule has 2 N–H and O–H groups in total. The Balaban J connectivity index is 1.81. The number of fused-ring (bicyclic) bond motifs is 1. The van der Waals surface area contributed by atoms with Crippen molar-refractivity contribution in [1.82, 2.24) is 3.97 Å². The van der Waals surface area contributed by atoms with Gasteiger partial charge in [-0.2, -0.15) is 0 Å². The molecule has 0 saturated heterocycles. The van der Waals surface area contributed by atoms with Crippen molar-refractivity contribution in [3.8, 4) is 16.9 Å². The van der Waals surface area contributed by atoms with E-state index in [1.165, 1.54) is 10.2 Å². The van der Waals surface area contributed by atoms with Crippen LogP contribution in [0.5, 0.6) is 5.75 Å². The average molecular weight is 539 g/mol. The van der Waals surface area contributed by atoms with Gasteiger partial charge in [0, 0.05) is 34.8 Å². The van der Waals surface area contributed by atoms with Crippen molar-refractivity contribution < 1.29 is 27.1 Å². The van der Waals surface area contributed by atoms with Crippen molar-refractivity contribution in [3.63, 3.8) is 0 Å². The number of carbonyl (C=O) groups is 1. The van der Waals surface area contributed by atoms with Crippen molar-refractivity contribution in [2.24, 2.45) is 5.73 Å². The van der Waals surface area contributed by atoms with E-state index in [9.17, 15) is 13.2 Å². The fourth-order valence-electron chi connectivity index (χ4n) is 4.30. The standard InChI is InChI=1S/C29H31FN2O5S/c1-4-36-28(33)16-21-8-5-6-11-27(21)37-18-20-14-25(24-10-7-9-22(17-31)29(24)30)23-12-13-32(26(23)15-20)38(34,35)19(2)3/h5-15,19H,4,16-18,31H2,1-3H3. The average Bonchev–Trinajstić information content (AvgIpc) is 3.33. The van der Waals surface area contributed by atoms with Gasteiger partial charge < -0.3 is 15.2 Å². The second kappa shape index (κ2) is 11.4. The Morgan fingerprint density at radius 1 is 1.03 bits per heavy atom. The van der Waals surface area contributed by atoms with E-state index >= 15 is 4.39 Å². The first-order chi connectivity index (χ1) is 18.2. The van der Waals surface area contributed by atoms with Gasteiger partial charge in [-0.1, -0.05) is 36.4 Å².